The molecule has 88 valence electrons. The van der Waals surface area contributed by atoms with Crippen molar-refractivity contribution in [3.8, 4) is 5.75 Å². The highest BCUT2D eigenvalue weighted by molar-refractivity contribution is 14.0. The van der Waals surface area contributed by atoms with E-state index in [1.807, 2.05) is 12.1 Å². The van der Waals surface area contributed by atoms with Crippen molar-refractivity contribution in [1.29, 1.82) is 0 Å². The van der Waals surface area contributed by atoms with Gasteiger partial charge in [-0.1, -0.05) is 0 Å². The second-order valence-electron chi connectivity index (χ2n) is 2.61. The molecule has 16 heavy (non-hydrogen) atoms. The fraction of sp³-hybridized carbons (Fsp3) is 0.111. The topological polar surface area (TPSA) is 92.2 Å². The van der Waals surface area contributed by atoms with Crippen LogP contribution in [0.3, 0.4) is 0 Å². The summed E-state index contributed by atoms with van der Waals surface area (Å²) in [6, 6.07) is 7.25. The first-order chi connectivity index (χ1) is 7.26. The number of methoxy groups -OCH3 is 1. The van der Waals surface area contributed by atoms with E-state index in [0.29, 0.717) is 0 Å². The first kappa shape index (κ1) is 14.6. The van der Waals surface area contributed by atoms with Crippen molar-refractivity contribution in [1.82, 2.24) is 5.48 Å². The summed E-state index contributed by atoms with van der Waals surface area (Å²) in [6.45, 7) is 0. The van der Waals surface area contributed by atoms with Crippen LogP contribution in [0.2, 0.25) is 0 Å². The van der Waals surface area contributed by atoms with E-state index >= 15 is 0 Å². The Kier molecular flexibility index (Phi) is 7.21. The van der Waals surface area contributed by atoms with Gasteiger partial charge in [0.2, 0.25) is 5.96 Å². The van der Waals surface area contributed by atoms with Crippen LogP contribution >= 0.6 is 24.0 Å². The van der Waals surface area contributed by atoms with Gasteiger partial charge < -0.3 is 10.5 Å². The first-order valence-electron chi connectivity index (χ1n) is 4.17. The van der Waals surface area contributed by atoms with E-state index < -0.39 is 0 Å². The number of halogens is 1. The lowest BCUT2D eigenvalue weighted by Gasteiger charge is -1.98. The van der Waals surface area contributed by atoms with Crippen LogP contribution in [0.1, 0.15) is 5.56 Å². The second kappa shape index (κ2) is 7.88. The molecule has 0 bridgehead atoms. The lowest BCUT2D eigenvalue weighted by molar-refractivity contribution is 0.232. The average molecular weight is 336 g/mol. The van der Waals surface area contributed by atoms with Crippen LogP contribution in [0.15, 0.2) is 34.5 Å². The molecule has 4 N–H and O–H groups in total. The number of rotatable bonds is 3. The summed E-state index contributed by atoms with van der Waals surface area (Å²) in [6.07, 6.45) is 1.50. The molecule has 0 aliphatic heterocycles. The van der Waals surface area contributed by atoms with Crippen LogP contribution in [-0.4, -0.2) is 24.5 Å². The van der Waals surface area contributed by atoms with E-state index in [1.165, 1.54) is 6.21 Å². The minimum absolute atomic E-state index is 0. The van der Waals surface area contributed by atoms with Crippen molar-refractivity contribution < 1.29 is 9.94 Å². The summed E-state index contributed by atoms with van der Waals surface area (Å²) in [5.74, 6) is 0.604. The number of nitrogens with two attached hydrogens (primary N) is 1. The molecule has 0 aliphatic carbocycles. The van der Waals surface area contributed by atoms with E-state index in [0.717, 1.165) is 11.3 Å². The second-order valence-corrected chi connectivity index (χ2v) is 2.61. The molecule has 1 aromatic rings. The van der Waals surface area contributed by atoms with Gasteiger partial charge in [0.05, 0.1) is 13.3 Å². The molecule has 6 nitrogen and oxygen atoms in total. The highest BCUT2D eigenvalue weighted by Gasteiger charge is 1.90. The molecule has 0 saturated carbocycles. The summed E-state index contributed by atoms with van der Waals surface area (Å²) in [5.41, 5.74) is 7.65. The number of ether oxygens (including phenoxy) is 1. The zero-order valence-electron chi connectivity index (χ0n) is 8.62. The Morgan fingerprint density at radius 3 is 2.56 bits per heavy atom. The molecule has 0 radical (unpaired) electrons. The first-order valence-corrected chi connectivity index (χ1v) is 4.17. The zero-order chi connectivity index (χ0) is 11.1. The predicted octanol–water partition coefficient (Wildman–Crippen LogP) is 0.941. The summed E-state index contributed by atoms with van der Waals surface area (Å²) in [5, 5.41) is 15.4. The molecule has 1 aromatic carbocycles. The highest BCUT2D eigenvalue weighted by Crippen LogP contribution is 2.09. The van der Waals surface area contributed by atoms with Crippen LogP contribution in [0.4, 0.5) is 0 Å². The monoisotopic (exact) mass is 336 g/mol. The Morgan fingerprint density at radius 2 is 2.06 bits per heavy atom. The Morgan fingerprint density at radius 1 is 1.44 bits per heavy atom. The number of hydrogen-bond acceptors (Lipinski definition) is 4. The fourth-order valence-electron chi connectivity index (χ4n) is 0.870. The molecule has 0 spiro atoms. The Bertz CT molecular complexity index is 364. The standard InChI is InChI=1S/C9H12N4O2.HI/c1-15-8-4-2-7(3-5-8)6-11-12-9(10)13-14;/h2-6,14H,1H3,(H3,10,12,13);1H. The number of hydrogen-bond donors (Lipinski definition) is 3. The fourth-order valence-corrected chi connectivity index (χ4v) is 0.870. The lowest BCUT2D eigenvalue weighted by atomic mass is 10.2. The van der Waals surface area contributed by atoms with Gasteiger partial charge in [0.1, 0.15) is 5.75 Å². The van der Waals surface area contributed by atoms with Crippen LogP contribution in [0, 0.1) is 0 Å². The van der Waals surface area contributed by atoms with Gasteiger partial charge in [-0.05, 0) is 29.8 Å². The summed E-state index contributed by atoms with van der Waals surface area (Å²) < 4.78 is 4.99. The average Bonchev–Trinajstić information content (AvgIpc) is 2.29. The van der Waals surface area contributed by atoms with Gasteiger partial charge >= 0.3 is 0 Å². The van der Waals surface area contributed by atoms with Crippen LogP contribution in [-0.2, 0) is 0 Å². The summed E-state index contributed by atoms with van der Waals surface area (Å²) in [7, 11) is 1.60. The smallest absolute Gasteiger partial charge is 0.237 e. The number of guanidine groups is 1. The third kappa shape index (κ3) is 4.94. The lowest BCUT2D eigenvalue weighted by Crippen LogP contribution is -2.27. The highest BCUT2D eigenvalue weighted by atomic mass is 127. The van der Waals surface area contributed by atoms with Crippen molar-refractivity contribution in [2.45, 2.75) is 0 Å². The van der Waals surface area contributed by atoms with Crippen molar-refractivity contribution in [3.63, 3.8) is 0 Å². The molecule has 0 amide bonds. The minimum atomic E-state index is -0.167. The van der Waals surface area contributed by atoms with E-state index in [-0.39, 0.29) is 29.9 Å². The van der Waals surface area contributed by atoms with Gasteiger partial charge in [-0.2, -0.15) is 5.10 Å². The van der Waals surface area contributed by atoms with Gasteiger partial charge in [0.25, 0.3) is 0 Å². The van der Waals surface area contributed by atoms with Crippen LogP contribution in [0.5, 0.6) is 5.75 Å². The van der Waals surface area contributed by atoms with E-state index in [9.17, 15) is 0 Å². The predicted molar refractivity (Wildman–Crippen MR) is 72.5 cm³/mol. The normalized spacial score (nSPS) is 11.0. The minimum Gasteiger partial charge on any atom is -0.497 e. The maximum Gasteiger partial charge on any atom is 0.237 e. The number of benzene rings is 1. The third-order valence-electron chi connectivity index (χ3n) is 1.60. The van der Waals surface area contributed by atoms with Crippen molar-refractivity contribution in [3.05, 3.63) is 29.8 Å². The quantitative estimate of drug-likeness (QED) is 0.332. The molecular formula is C9H13IN4O2. The van der Waals surface area contributed by atoms with Crippen molar-refractivity contribution >= 4 is 36.2 Å². The van der Waals surface area contributed by atoms with Gasteiger partial charge in [-0.25, -0.2) is 5.48 Å². The summed E-state index contributed by atoms with van der Waals surface area (Å²) >= 11 is 0. The van der Waals surface area contributed by atoms with E-state index in [4.69, 9.17) is 15.7 Å². The van der Waals surface area contributed by atoms with Gasteiger partial charge in [0, 0.05) is 0 Å². The van der Waals surface area contributed by atoms with Gasteiger partial charge in [-0.3, -0.25) is 5.21 Å². The maximum atomic E-state index is 8.30. The Balaban J connectivity index is 0.00000225. The van der Waals surface area contributed by atoms with Crippen LogP contribution < -0.4 is 16.0 Å². The Labute approximate surface area is 110 Å². The van der Waals surface area contributed by atoms with Crippen molar-refractivity contribution in [2.75, 3.05) is 7.11 Å². The molecule has 1 rings (SSSR count). The molecule has 0 aromatic heterocycles. The molecule has 0 heterocycles. The summed E-state index contributed by atoms with van der Waals surface area (Å²) in [4.78, 5) is 0. The Hall–Kier alpha value is -1.35. The third-order valence-corrected chi connectivity index (χ3v) is 1.60. The molecule has 0 unspecified atom stereocenters. The van der Waals surface area contributed by atoms with Gasteiger partial charge in [0.15, 0.2) is 0 Å². The van der Waals surface area contributed by atoms with Gasteiger partial charge in [-0.15, -0.1) is 29.1 Å². The molecule has 0 saturated heterocycles. The zero-order valence-corrected chi connectivity index (χ0v) is 11.0. The molecule has 0 aliphatic rings. The molecule has 7 heteroatoms. The number of nitrogens with zero attached hydrogens (tertiary/aromatic N) is 2. The molecule has 0 atom stereocenters. The maximum absolute atomic E-state index is 8.30. The largest absolute Gasteiger partial charge is 0.497 e. The SMILES string of the molecule is COc1ccc(C=NN=C(N)NO)cc1.I. The van der Waals surface area contributed by atoms with E-state index in [1.54, 1.807) is 24.7 Å². The number of nitrogens with one attached hydrogen (secondary N) is 1. The molecular weight excluding hydrogens is 323 g/mol. The van der Waals surface area contributed by atoms with Crippen LogP contribution in [0.25, 0.3) is 0 Å². The van der Waals surface area contributed by atoms with E-state index in [2.05, 4.69) is 10.2 Å². The molecule has 0 fully saturated rings. The number of hydroxylamine groups is 1. The van der Waals surface area contributed by atoms with Crippen molar-refractivity contribution in [2.24, 2.45) is 15.9 Å².